The highest BCUT2D eigenvalue weighted by Crippen LogP contribution is 2.23. The van der Waals surface area contributed by atoms with Crippen molar-refractivity contribution in [1.29, 1.82) is 0 Å². The zero-order chi connectivity index (χ0) is 13.1. The predicted molar refractivity (Wildman–Crippen MR) is 54.6 cm³/mol. The third-order valence-corrected chi connectivity index (χ3v) is 2.34. The van der Waals surface area contributed by atoms with E-state index in [0.717, 1.165) is 13.0 Å². The molecule has 2 N–H and O–H groups in total. The van der Waals surface area contributed by atoms with Crippen molar-refractivity contribution in [3.8, 4) is 0 Å². The van der Waals surface area contributed by atoms with Crippen LogP contribution in [0.2, 0.25) is 0 Å². The van der Waals surface area contributed by atoms with Crippen molar-refractivity contribution in [3.63, 3.8) is 0 Å². The van der Waals surface area contributed by atoms with E-state index in [9.17, 15) is 17.6 Å². The van der Waals surface area contributed by atoms with Gasteiger partial charge >= 0.3 is 6.18 Å². The summed E-state index contributed by atoms with van der Waals surface area (Å²) in [5, 5.41) is 0. The van der Waals surface area contributed by atoms with Crippen LogP contribution in [0.15, 0.2) is 18.2 Å². The van der Waals surface area contributed by atoms with E-state index in [1.807, 2.05) is 0 Å². The minimum absolute atomic E-state index is 0.0524. The lowest BCUT2D eigenvalue weighted by atomic mass is 10.1. The van der Waals surface area contributed by atoms with E-state index >= 15 is 0 Å². The third kappa shape index (κ3) is 3.98. The van der Waals surface area contributed by atoms with Gasteiger partial charge in [-0.2, -0.15) is 13.2 Å². The van der Waals surface area contributed by atoms with Crippen molar-refractivity contribution in [2.75, 3.05) is 0 Å². The molecule has 17 heavy (non-hydrogen) atoms. The van der Waals surface area contributed by atoms with Gasteiger partial charge in [0.05, 0.1) is 6.61 Å². The van der Waals surface area contributed by atoms with E-state index in [4.69, 9.17) is 5.73 Å². The first-order valence-electron chi connectivity index (χ1n) is 5.00. The number of alkyl halides is 3. The quantitative estimate of drug-likeness (QED) is 0.835. The maximum atomic E-state index is 12.8. The first-order valence-corrected chi connectivity index (χ1v) is 5.00. The molecular weight excluding hydrogens is 238 g/mol. The van der Waals surface area contributed by atoms with Crippen LogP contribution < -0.4 is 5.73 Å². The van der Waals surface area contributed by atoms with Crippen molar-refractivity contribution in [3.05, 3.63) is 35.1 Å². The molecular formula is C11H13F4NO. The summed E-state index contributed by atoms with van der Waals surface area (Å²) in [4.78, 5) is 0. The fraction of sp³-hybridized carbons (Fsp3) is 0.455. The Hall–Kier alpha value is -1.14. The molecule has 0 aromatic heterocycles. The van der Waals surface area contributed by atoms with E-state index in [2.05, 4.69) is 4.74 Å². The lowest BCUT2D eigenvalue weighted by Gasteiger charge is -2.17. The molecule has 6 heteroatoms. The Morgan fingerprint density at radius 1 is 1.29 bits per heavy atom. The average molecular weight is 251 g/mol. The molecule has 0 aliphatic carbocycles. The molecule has 1 atom stereocenters. The second-order valence-electron chi connectivity index (χ2n) is 3.61. The fourth-order valence-electron chi connectivity index (χ4n) is 1.23. The van der Waals surface area contributed by atoms with Gasteiger partial charge < -0.3 is 10.5 Å². The minimum Gasteiger partial charge on any atom is -0.364 e. The third-order valence-electron chi connectivity index (χ3n) is 2.34. The maximum absolute atomic E-state index is 12.8. The predicted octanol–water partition coefficient (Wildman–Crippen LogP) is 2.75. The highest BCUT2D eigenvalue weighted by atomic mass is 19.4. The van der Waals surface area contributed by atoms with E-state index in [1.165, 1.54) is 12.1 Å². The van der Waals surface area contributed by atoms with Gasteiger partial charge in [-0.1, -0.05) is 6.07 Å². The molecule has 0 saturated carbocycles. The van der Waals surface area contributed by atoms with Crippen LogP contribution in [0.25, 0.3) is 0 Å². The lowest BCUT2D eigenvalue weighted by Crippen LogP contribution is -2.28. The van der Waals surface area contributed by atoms with Gasteiger partial charge in [-0.15, -0.1) is 0 Å². The molecule has 0 heterocycles. The Morgan fingerprint density at radius 3 is 2.47 bits per heavy atom. The van der Waals surface area contributed by atoms with Crippen LogP contribution in [0.5, 0.6) is 0 Å². The molecule has 2 nitrogen and oxygen atoms in total. The largest absolute Gasteiger partial charge is 0.414 e. The Kier molecular flexibility index (Phi) is 4.47. The maximum Gasteiger partial charge on any atom is 0.414 e. The van der Waals surface area contributed by atoms with Crippen LogP contribution in [0.3, 0.4) is 0 Å². The molecule has 1 aromatic carbocycles. The van der Waals surface area contributed by atoms with E-state index < -0.39 is 18.1 Å². The van der Waals surface area contributed by atoms with Crippen molar-refractivity contribution in [1.82, 2.24) is 0 Å². The molecule has 1 unspecified atom stereocenters. The fourth-order valence-corrected chi connectivity index (χ4v) is 1.23. The number of halogens is 4. The molecule has 0 fully saturated rings. The Bertz CT molecular complexity index is 378. The number of benzene rings is 1. The number of ether oxygens (including phenoxy) is 1. The summed E-state index contributed by atoms with van der Waals surface area (Å²) in [5.74, 6) is -0.474. The normalized spacial score (nSPS) is 13.8. The number of hydrogen-bond donors (Lipinski definition) is 1. The Balaban J connectivity index is 2.69. The molecule has 0 saturated heterocycles. The van der Waals surface area contributed by atoms with Crippen LogP contribution in [0.1, 0.15) is 18.1 Å². The van der Waals surface area contributed by atoms with Gasteiger partial charge in [0.1, 0.15) is 5.82 Å². The van der Waals surface area contributed by atoms with E-state index in [1.54, 1.807) is 0 Å². The number of hydrogen-bond acceptors (Lipinski definition) is 2. The number of rotatable bonds is 4. The Morgan fingerprint density at radius 2 is 1.94 bits per heavy atom. The van der Waals surface area contributed by atoms with Gasteiger partial charge in [-0.3, -0.25) is 0 Å². The van der Waals surface area contributed by atoms with Gasteiger partial charge in [-0.25, -0.2) is 4.39 Å². The zero-order valence-electron chi connectivity index (χ0n) is 9.22. The summed E-state index contributed by atoms with van der Waals surface area (Å²) < 4.78 is 54.1. The van der Waals surface area contributed by atoms with Gasteiger partial charge in [0.2, 0.25) is 0 Å². The summed E-state index contributed by atoms with van der Waals surface area (Å²) in [6.07, 6.45) is -6.26. The van der Waals surface area contributed by atoms with Crippen LogP contribution in [-0.2, 0) is 17.9 Å². The average Bonchev–Trinajstić information content (AvgIpc) is 2.25. The van der Waals surface area contributed by atoms with Gasteiger partial charge in [0.25, 0.3) is 0 Å². The molecule has 0 radical (unpaired) electrons. The molecule has 96 valence electrons. The second kappa shape index (κ2) is 5.46. The first kappa shape index (κ1) is 13.9. The van der Waals surface area contributed by atoms with Crippen LogP contribution in [0.4, 0.5) is 17.6 Å². The monoisotopic (exact) mass is 251 g/mol. The highest BCUT2D eigenvalue weighted by molar-refractivity contribution is 5.27. The van der Waals surface area contributed by atoms with Crippen LogP contribution in [0, 0.1) is 5.82 Å². The van der Waals surface area contributed by atoms with Crippen molar-refractivity contribution >= 4 is 0 Å². The number of nitrogens with two attached hydrogens (primary N) is 1. The van der Waals surface area contributed by atoms with E-state index in [-0.39, 0.29) is 13.2 Å². The van der Waals surface area contributed by atoms with Crippen molar-refractivity contribution < 1.29 is 22.3 Å². The van der Waals surface area contributed by atoms with Gasteiger partial charge in [0, 0.05) is 6.54 Å². The van der Waals surface area contributed by atoms with Gasteiger partial charge in [0.15, 0.2) is 6.10 Å². The molecule has 0 amide bonds. The van der Waals surface area contributed by atoms with Crippen LogP contribution >= 0.6 is 0 Å². The van der Waals surface area contributed by atoms with Crippen LogP contribution in [-0.4, -0.2) is 12.3 Å². The first-order chi connectivity index (χ1) is 7.84. The summed E-state index contributed by atoms with van der Waals surface area (Å²) >= 11 is 0. The van der Waals surface area contributed by atoms with E-state index in [0.29, 0.717) is 11.1 Å². The highest BCUT2D eigenvalue weighted by Gasteiger charge is 2.36. The minimum atomic E-state index is -4.40. The molecule has 0 aliphatic heterocycles. The summed E-state index contributed by atoms with van der Waals surface area (Å²) in [6, 6.07) is 3.73. The SMILES string of the molecule is CC(OCc1ccc(F)cc1CN)C(F)(F)F. The lowest BCUT2D eigenvalue weighted by molar-refractivity contribution is -0.217. The smallest absolute Gasteiger partial charge is 0.364 e. The second-order valence-corrected chi connectivity index (χ2v) is 3.61. The molecule has 0 bridgehead atoms. The summed E-state index contributed by atoms with van der Waals surface area (Å²) in [5.41, 5.74) is 6.27. The molecule has 1 rings (SSSR count). The van der Waals surface area contributed by atoms with Gasteiger partial charge in [-0.05, 0) is 30.2 Å². The van der Waals surface area contributed by atoms with Crippen molar-refractivity contribution in [2.45, 2.75) is 32.4 Å². The Labute approximate surface area is 96.4 Å². The standard InChI is InChI=1S/C11H13F4NO/c1-7(11(13,14)15)17-6-8-2-3-10(12)4-9(8)5-16/h2-4,7H,5-6,16H2,1H3. The topological polar surface area (TPSA) is 35.2 Å². The summed E-state index contributed by atoms with van der Waals surface area (Å²) in [6.45, 7) is 0.732. The molecule has 1 aromatic rings. The molecule has 0 spiro atoms. The zero-order valence-corrected chi connectivity index (χ0v) is 9.22. The molecule has 0 aliphatic rings. The summed E-state index contributed by atoms with van der Waals surface area (Å²) in [7, 11) is 0. The van der Waals surface area contributed by atoms with Crippen molar-refractivity contribution in [2.24, 2.45) is 5.73 Å².